The van der Waals surface area contributed by atoms with E-state index in [2.05, 4.69) is 9.97 Å². The van der Waals surface area contributed by atoms with Crippen LogP contribution in [-0.4, -0.2) is 40.9 Å². The van der Waals surface area contributed by atoms with Gasteiger partial charge >= 0.3 is 0 Å². The largest absolute Gasteiger partial charge is 0.381 e. The molecule has 0 aliphatic carbocycles. The summed E-state index contributed by atoms with van der Waals surface area (Å²) in [5, 5.41) is 2.37. The Bertz CT molecular complexity index is 772. The molecular formula is C14H18N4O3. The molecule has 0 saturated carbocycles. The number of hydrogen-bond donors (Lipinski definition) is 1. The SMILES string of the molecule is COC1CCN(n2cc3c(=O)[nH]c(C)nc3cc2=O)CC1. The highest BCUT2D eigenvalue weighted by Crippen LogP contribution is 2.12. The molecule has 21 heavy (non-hydrogen) atoms. The average Bonchev–Trinajstić information content (AvgIpc) is 2.46. The molecule has 0 unspecified atom stereocenters. The summed E-state index contributed by atoms with van der Waals surface area (Å²) in [6, 6.07) is 1.42. The minimum Gasteiger partial charge on any atom is -0.381 e. The van der Waals surface area contributed by atoms with Gasteiger partial charge in [0.1, 0.15) is 5.82 Å². The van der Waals surface area contributed by atoms with Gasteiger partial charge in [-0.05, 0) is 19.8 Å². The van der Waals surface area contributed by atoms with Crippen molar-refractivity contribution < 1.29 is 4.74 Å². The Labute approximate surface area is 121 Å². The quantitative estimate of drug-likeness (QED) is 0.851. The van der Waals surface area contributed by atoms with Gasteiger partial charge < -0.3 is 14.7 Å². The molecule has 0 amide bonds. The van der Waals surface area contributed by atoms with E-state index in [9.17, 15) is 9.59 Å². The standard InChI is InChI=1S/C14H18N4O3/c1-9-15-12-7-13(19)18(8-11(12)14(20)16-9)17-5-3-10(21-2)4-6-17/h7-8,10H,3-6H2,1-2H3,(H,15,16,20). The third-order valence-electron chi connectivity index (χ3n) is 3.90. The van der Waals surface area contributed by atoms with Gasteiger partial charge in [0.15, 0.2) is 0 Å². The number of aromatic nitrogens is 3. The van der Waals surface area contributed by atoms with Gasteiger partial charge in [0.05, 0.1) is 17.0 Å². The van der Waals surface area contributed by atoms with Gasteiger partial charge in [-0.3, -0.25) is 9.59 Å². The van der Waals surface area contributed by atoms with Gasteiger partial charge in [-0.15, -0.1) is 0 Å². The average molecular weight is 290 g/mol. The lowest BCUT2D eigenvalue weighted by Gasteiger charge is -2.33. The highest BCUT2D eigenvalue weighted by molar-refractivity contribution is 5.76. The number of aryl methyl sites for hydroxylation is 1. The number of hydrogen-bond acceptors (Lipinski definition) is 5. The molecule has 7 heteroatoms. The second-order valence-electron chi connectivity index (χ2n) is 5.30. The number of pyridine rings is 1. The molecule has 1 saturated heterocycles. The highest BCUT2D eigenvalue weighted by Gasteiger charge is 2.20. The molecule has 2 aromatic rings. The van der Waals surface area contributed by atoms with E-state index < -0.39 is 0 Å². The molecule has 1 fully saturated rings. The number of piperidine rings is 1. The Balaban J connectivity index is 2.02. The van der Waals surface area contributed by atoms with Crippen molar-refractivity contribution in [3.63, 3.8) is 0 Å². The van der Waals surface area contributed by atoms with Crippen LogP contribution in [0.3, 0.4) is 0 Å². The fourth-order valence-electron chi connectivity index (χ4n) is 2.73. The van der Waals surface area contributed by atoms with Crippen LogP contribution in [0.1, 0.15) is 18.7 Å². The first-order chi connectivity index (χ1) is 10.1. The number of fused-ring (bicyclic) bond motifs is 1. The van der Waals surface area contributed by atoms with E-state index in [0.29, 0.717) is 16.7 Å². The molecule has 0 spiro atoms. The molecule has 3 heterocycles. The maximum absolute atomic E-state index is 12.2. The van der Waals surface area contributed by atoms with E-state index in [1.54, 1.807) is 20.2 Å². The summed E-state index contributed by atoms with van der Waals surface area (Å²) in [6.07, 6.45) is 3.55. The minimum atomic E-state index is -0.224. The fraction of sp³-hybridized carbons (Fsp3) is 0.500. The number of aromatic amines is 1. The zero-order chi connectivity index (χ0) is 15.0. The summed E-state index contributed by atoms with van der Waals surface area (Å²) in [6.45, 7) is 3.14. The zero-order valence-electron chi connectivity index (χ0n) is 12.1. The zero-order valence-corrected chi connectivity index (χ0v) is 12.1. The first-order valence-corrected chi connectivity index (χ1v) is 7.00. The lowest BCUT2D eigenvalue weighted by atomic mass is 10.1. The normalized spacial score (nSPS) is 16.6. The minimum absolute atomic E-state index is 0.170. The summed E-state index contributed by atoms with van der Waals surface area (Å²) in [5.74, 6) is 0.505. The molecule has 0 aromatic carbocycles. The lowest BCUT2D eigenvalue weighted by Crippen LogP contribution is -2.48. The van der Waals surface area contributed by atoms with Crippen molar-refractivity contribution in [3.05, 3.63) is 38.8 Å². The summed E-state index contributed by atoms with van der Waals surface area (Å²) in [4.78, 5) is 31.1. The van der Waals surface area contributed by atoms with Gasteiger partial charge in [0.25, 0.3) is 11.1 Å². The molecule has 0 radical (unpaired) electrons. The van der Waals surface area contributed by atoms with Crippen LogP contribution in [0.25, 0.3) is 10.9 Å². The van der Waals surface area contributed by atoms with E-state index in [1.165, 1.54) is 10.7 Å². The van der Waals surface area contributed by atoms with E-state index in [4.69, 9.17) is 4.74 Å². The Kier molecular flexibility index (Phi) is 3.50. The molecule has 3 rings (SSSR count). The molecule has 7 nitrogen and oxygen atoms in total. The lowest BCUT2D eigenvalue weighted by molar-refractivity contribution is 0.0773. The number of rotatable bonds is 2. The summed E-state index contributed by atoms with van der Waals surface area (Å²) in [5.41, 5.74) is 0.0400. The van der Waals surface area contributed by atoms with E-state index >= 15 is 0 Å². The maximum Gasteiger partial charge on any atom is 0.271 e. The topological polar surface area (TPSA) is 80.2 Å². The number of methoxy groups -OCH3 is 1. The summed E-state index contributed by atoms with van der Waals surface area (Å²) >= 11 is 0. The number of nitrogens with one attached hydrogen (secondary N) is 1. The Morgan fingerprint density at radius 3 is 2.71 bits per heavy atom. The van der Waals surface area contributed by atoms with E-state index in [-0.39, 0.29) is 17.2 Å². The maximum atomic E-state index is 12.2. The molecule has 2 aromatic heterocycles. The molecule has 1 aliphatic rings. The predicted molar refractivity (Wildman–Crippen MR) is 79.3 cm³/mol. The van der Waals surface area contributed by atoms with Crippen LogP contribution in [0, 0.1) is 6.92 Å². The van der Waals surface area contributed by atoms with Crippen molar-refractivity contribution in [2.45, 2.75) is 25.9 Å². The van der Waals surface area contributed by atoms with Gasteiger partial charge in [0, 0.05) is 32.5 Å². The van der Waals surface area contributed by atoms with Crippen molar-refractivity contribution in [3.8, 4) is 0 Å². The first kappa shape index (κ1) is 13.8. The predicted octanol–water partition coefficient (Wildman–Crippen LogP) is 0.140. The van der Waals surface area contributed by atoms with Crippen molar-refractivity contribution in [2.75, 3.05) is 25.2 Å². The smallest absolute Gasteiger partial charge is 0.271 e. The Morgan fingerprint density at radius 2 is 2.05 bits per heavy atom. The van der Waals surface area contributed by atoms with Crippen molar-refractivity contribution in [1.82, 2.24) is 14.6 Å². The number of nitrogens with zero attached hydrogens (tertiary/aromatic N) is 3. The molecule has 0 atom stereocenters. The second-order valence-corrected chi connectivity index (χ2v) is 5.30. The fourth-order valence-corrected chi connectivity index (χ4v) is 2.73. The monoisotopic (exact) mass is 290 g/mol. The van der Waals surface area contributed by atoms with Crippen LogP contribution < -0.4 is 16.1 Å². The van der Waals surface area contributed by atoms with Gasteiger partial charge in [-0.25, -0.2) is 9.66 Å². The summed E-state index contributed by atoms with van der Waals surface area (Å²) in [7, 11) is 1.70. The molecule has 1 N–H and O–H groups in total. The Morgan fingerprint density at radius 1 is 1.33 bits per heavy atom. The number of ether oxygens (including phenoxy) is 1. The van der Waals surface area contributed by atoms with Gasteiger partial charge in [0.2, 0.25) is 0 Å². The van der Waals surface area contributed by atoms with Crippen LogP contribution in [0.15, 0.2) is 21.9 Å². The Hall–Kier alpha value is -2.15. The third-order valence-corrected chi connectivity index (χ3v) is 3.90. The molecule has 0 bridgehead atoms. The summed E-state index contributed by atoms with van der Waals surface area (Å²) < 4.78 is 6.84. The third kappa shape index (κ3) is 2.56. The van der Waals surface area contributed by atoms with Crippen LogP contribution >= 0.6 is 0 Å². The molecule has 1 aliphatic heterocycles. The van der Waals surface area contributed by atoms with Crippen molar-refractivity contribution >= 4 is 10.9 Å². The number of H-pyrrole nitrogens is 1. The molecular weight excluding hydrogens is 272 g/mol. The van der Waals surface area contributed by atoms with Gasteiger partial charge in [-0.2, -0.15) is 0 Å². The molecule has 112 valence electrons. The van der Waals surface area contributed by atoms with E-state index in [0.717, 1.165) is 25.9 Å². The van der Waals surface area contributed by atoms with E-state index in [1.807, 2.05) is 5.01 Å². The second kappa shape index (κ2) is 5.33. The highest BCUT2D eigenvalue weighted by atomic mass is 16.5. The van der Waals surface area contributed by atoms with Crippen molar-refractivity contribution in [1.29, 1.82) is 0 Å². The van der Waals surface area contributed by atoms with Crippen LogP contribution in [0.4, 0.5) is 0 Å². The van der Waals surface area contributed by atoms with Crippen molar-refractivity contribution in [2.24, 2.45) is 0 Å². The van der Waals surface area contributed by atoms with Crippen LogP contribution in [-0.2, 0) is 4.74 Å². The first-order valence-electron chi connectivity index (χ1n) is 7.00. The van der Waals surface area contributed by atoms with Crippen LogP contribution in [0.2, 0.25) is 0 Å². The van der Waals surface area contributed by atoms with Gasteiger partial charge in [-0.1, -0.05) is 0 Å². The van der Waals surface area contributed by atoms with Crippen LogP contribution in [0.5, 0.6) is 0 Å².